The van der Waals surface area contributed by atoms with Gasteiger partial charge < -0.3 is 9.30 Å². The van der Waals surface area contributed by atoms with Gasteiger partial charge in [-0.05, 0) is 13.0 Å². The lowest BCUT2D eigenvalue weighted by atomic mass is 10.3. The van der Waals surface area contributed by atoms with E-state index in [0.717, 1.165) is 16.0 Å². The van der Waals surface area contributed by atoms with Crippen LogP contribution < -0.4 is 4.74 Å². The maximum atomic E-state index is 5.13. The van der Waals surface area contributed by atoms with Gasteiger partial charge in [0, 0.05) is 13.2 Å². The molecule has 0 fully saturated rings. The molecule has 1 aromatic rings. The van der Waals surface area contributed by atoms with E-state index in [1.165, 1.54) is 0 Å². The maximum Gasteiger partial charge on any atom is 0.156 e. The van der Waals surface area contributed by atoms with E-state index in [1.54, 1.807) is 7.11 Å². The summed E-state index contributed by atoms with van der Waals surface area (Å²) in [6.07, 6.45) is 1.93. The molecule has 0 aliphatic rings. The fourth-order valence-electron chi connectivity index (χ4n) is 0.954. The van der Waals surface area contributed by atoms with Gasteiger partial charge in [0.15, 0.2) is 5.75 Å². The highest BCUT2D eigenvalue weighted by Gasteiger charge is 2.00. The molecule has 0 aliphatic heterocycles. The molecular formula is C8H11NOS. The average molecular weight is 169 g/mol. The molecule has 0 spiro atoms. The van der Waals surface area contributed by atoms with Gasteiger partial charge in [-0.3, -0.25) is 0 Å². The van der Waals surface area contributed by atoms with E-state index in [2.05, 4.69) is 0 Å². The van der Waals surface area contributed by atoms with E-state index in [4.69, 9.17) is 17.0 Å². The Morgan fingerprint density at radius 3 is 2.64 bits per heavy atom. The molecule has 0 saturated carbocycles. The van der Waals surface area contributed by atoms with E-state index in [1.807, 2.05) is 30.8 Å². The highest BCUT2D eigenvalue weighted by atomic mass is 32.1. The Kier molecular flexibility index (Phi) is 2.29. The number of pyridine rings is 1. The third-order valence-corrected chi connectivity index (χ3v) is 2.06. The Morgan fingerprint density at radius 2 is 2.18 bits per heavy atom. The molecule has 0 bridgehead atoms. The zero-order chi connectivity index (χ0) is 8.43. The van der Waals surface area contributed by atoms with Crippen molar-refractivity contribution in [2.45, 2.75) is 6.92 Å². The van der Waals surface area contributed by atoms with E-state index in [0.29, 0.717) is 0 Å². The van der Waals surface area contributed by atoms with Crippen molar-refractivity contribution in [3.63, 3.8) is 0 Å². The van der Waals surface area contributed by atoms with Crippen LogP contribution in [0.25, 0.3) is 0 Å². The summed E-state index contributed by atoms with van der Waals surface area (Å²) in [6.45, 7) is 1.98. The smallest absolute Gasteiger partial charge is 0.156 e. The van der Waals surface area contributed by atoms with Crippen molar-refractivity contribution in [2.24, 2.45) is 7.05 Å². The Balaban J connectivity index is 3.41. The summed E-state index contributed by atoms with van der Waals surface area (Å²) < 4.78 is 7.88. The first-order valence-electron chi connectivity index (χ1n) is 3.37. The summed E-state index contributed by atoms with van der Waals surface area (Å²) in [5.41, 5.74) is 1.06. The molecule has 1 heterocycles. The van der Waals surface area contributed by atoms with E-state index >= 15 is 0 Å². The molecule has 0 atom stereocenters. The molecule has 1 rings (SSSR count). The second kappa shape index (κ2) is 3.05. The van der Waals surface area contributed by atoms with Gasteiger partial charge in [-0.2, -0.15) is 0 Å². The summed E-state index contributed by atoms with van der Waals surface area (Å²) in [5.74, 6) is 0.796. The Hall–Kier alpha value is -0.830. The fraction of sp³-hybridized carbons (Fsp3) is 0.375. The van der Waals surface area contributed by atoms with Crippen molar-refractivity contribution in [3.05, 3.63) is 22.5 Å². The topological polar surface area (TPSA) is 14.2 Å². The van der Waals surface area contributed by atoms with Crippen LogP contribution in [0.5, 0.6) is 5.75 Å². The molecule has 0 aromatic carbocycles. The minimum atomic E-state index is 0.767. The van der Waals surface area contributed by atoms with Crippen LogP contribution in [0, 0.1) is 11.4 Å². The molecule has 3 heteroatoms. The van der Waals surface area contributed by atoms with Crippen molar-refractivity contribution >= 4 is 12.2 Å². The number of ether oxygens (including phenoxy) is 1. The van der Waals surface area contributed by atoms with Crippen molar-refractivity contribution in [1.82, 2.24) is 4.57 Å². The maximum absolute atomic E-state index is 5.13. The Labute approximate surface area is 71.4 Å². The highest BCUT2D eigenvalue weighted by Crippen LogP contribution is 2.17. The van der Waals surface area contributed by atoms with Gasteiger partial charge in [-0.25, -0.2) is 0 Å². The lowest BCUT2D eigenvalue weighted by Crippen LogP contribution is -1.99. The van der Waals surface area contributed by atoms with Gasteiger partial charge in [-0.15, -0.1) is 0 Å². The zero-order valence-electron chi connectivity index (χ0n) is 6.92. The lowest BCUT2D eigenvalue weighted by Gasteiger charge is -2.08. The Morgan fingerprint density at radius 1 is 1.55 bits per heavy atom. The summed E-state index contributed by atoms with van der Waals surface area (Å²) in [5, 5.41) is 0. The van der Waals surface area contributed by atoms with Crippen LogP contribution >= 0.6 is 12.2 Å². The number of aromatic nitrogens is 1. The molecule has 2 nitrogen and oxygen atoms in total. The molecular weight excluding hydrogens is 158 g/mol. The third-order valence-electron chi connectivity index (χ3n) is 1.74. The van der Waals surface area contributed by atoms with Gasteiger partial charge in [0.1, 0.15) is 0 Å². The van der Waals surface area contributed by atoms with E-state index in [-0.39, 0.29) is 0 Å². The fourth-order valence-corrected chi connectivity index (χ4v) is 1.25. The first-order chi connectivity index (χ1) is 5.16. The number of nitrogens with zero attached hydrogens (tertiary/aromatic N) is 1. The standard InChI is InChI=1S/C8H11NOS/c1-6-8(10-3)7(11)4-5-9(6)2/h4-5H,1-3H3. The predicted molar refractivity (Wildman–Crippen MR) is 47.5 cm³/mol. The summed E-state index contributed by atoms with van der Waals surface area (Å²) in [4.78, 5) is 0. The number of hydrogen-bond acceptors (Lipinski definition) is 2. The minimum Gasteiger partial charge on any atom is -0.493 e. The number of hydrogen-bond donors (Lipinski definition) is 0. The van der Waals surface area contributed by atoms with Gasteiger partial charge in [0.05, 0.1) is 17.3 Å². The van der Waals surface area contributed by atoms with Crippen LogP contribution in [0.1, 0.15) is 5.69 Å². The molecule has 0 aliphatic carbocycles. The first-order valence-corrected chi connectivity index (χ1v) is 3.78. The zero-order valence-corrected chi connectivity index (χ0v) is 7.73. The summed E-state index contributed by atoms with van der Waals surface area (Å²) in [7, 11) is 3.60. The molecule has 0 N–H and O–H groups in total. The van der Waals surface area contributed by atoms with E-state index < -0.39 is 0 Å². The lowest BCUT2D eigenvalue weighted by molar-refractivity contribution is 0.404. The molecule has 60 valence electrons. The number of methoxy groups -OCH3 is 1. The minimum absolute atomic E-state index is 0.767. The molecule has 11 heavy (non-hydrogen) atoms. The molecule has 0 radical (unpaired) electrons. The quantitative estimate of drug-likeness (QED) is 0.597. The van der Waals surface area contributed by atoms with Crippen LogP contribution in [0.15, 0.2) is 12.3 Å². The largest absolute Gasteiger partial charge is 0.493 e. The van der Waals surface area contributed by atoms with Gasteiger partial charge in [0.2, 0.25) is 0 Å². The molecule has 0 saturated heterocycles. The van der Waals surface area contributed by atoms with Crippen LogP contribution in [0.2, 0.25) is 0 Å². The van der Waals surface area contributed by atoms with Crippen molar-refractivity contribution in [1.29, 1.82) is 0 Å². The average Bonchev–Trinajstić information content (AvgIpc) is 1.99. The van der Waals surface area contributed by atoms with Crippen LogP contribution in [-0.4, -0.2) is 11.7 Å². The van der Waals surface area contributed by atoms with E-state index in [9.17, 15) is 0 Å². The summed E-state index contributed by atoms with van der Waals surface area (Å²) in [6, 6.07) is 1.86. The second-order valence-electron chi connectivity index (χ2n) is 2.41. The molecule has 0 unspecified atom stereocenters. The number of rotatable bonds is 1. The van der Waals surface area contributed by atoms with Gasteiger partial charge in [-0.1, -0.05) is 12.2 Å². The van der Waals surface area contributed by atoms with Crippen molar-refractivity contribution in [2.75, 3.05) is 7.11 Å². The van der Waals surface area contributed by atoms with Gasteiger partial charge >= 0.3 is 0 Å². The molecule has 1 aromatic heterocycles. The SMILES string of the molecule is COc1c(C)n(C)ccc1=S. The van der Waals surface area contributed by atoms with Crippen molar-refractivity contribution in [3.8, 4) is 5.75 Å². The van der Waals surface area contributed by atoms with Crippen LogP contribution in [0.3, 0.4) is 0 Å². The van der Waals surface area contributed by atoms with Crippen LogP contribution in [0.4, 0.5) is 0 Å². The first kappa shape index (κ1) is 8.27. The normalized spacial score (nSPS) is 9.73. The third kappa shape index (κ3) is 1.43. The highest BCUT2D eigenvalue weighted by molar-refractivity contribution is 7.71. The van der Waals surface area contributed by atoms with Gasteiger partial charge in [0.25, 0.3) is 0 Å². The summed E-state index contributed by atoms with van der Waals surface area (Å²) >= 11 is 5.06. The second-order valence-corrected chi connectivity index (χ2v) is 2.85. The van der Waals surface area contributed by atoms with Crippen molar-refractivity contribution < 1.29 is 4.74 Å². The number of aryl methyl sites for hydroxylation is 1. The molecule has 0 amide bonds. The Bertz CT molecular complexity index is 316. The predicted octanol–water partition coefficient (Wildman–Crippen LogP) is 2.07. The monoisotopic (exact) mass is 169 g/mol. The van der Waals surface area contributed by atoms with Crippen LogP contribution in [-0.2, 0) is 7.05 Å².